The van der Waals surface area contributed by atoms with Crippen LogP contribution >= 0.6 is 9.24 Å². The van der Waals surface area contributed by atoms with Crippen LogP contribution in [0.5, 0.6) is 5.75 Å². The molecule has 32 heavy (non-hydrogen) atoms. The molecule has 0 saturated carbocycles. The van der Waals surface area contributed by atoms with Gasteiger partial charge in [-0.15, -0.1) is 9.24 Å². The maximum absolute atomic E-state index is 14.1. The Hall–Kier alpha value is -2.96. The van der Waals surface area contributed by atoms with E-state index in [-0.39, 0.29) is 5.69 Å². The molecule has 1 unspecified atom stereocenters. The van der Waals surface area contributed by atoms with Crippen LogP contribution in [0.3, 0.4) is 0 Å². The number of hydrogen-bond donors (Lipinski definition) is 2. The van der Waals surface area contributed by atoms with Gasteiger partial charge in [0.15, 0.2) is 0 Å². The van der Waals surface area contributed by atoms with Crippen molar-refractivity contribution in [2.24, 2.45) is 5.10 Å². The second kappa shape index (κ2) is 12.2. The summed E-state index contributed by atoms with van der Waals surface area (Å²) in [5.74, 6) is 0.166. The molecule has 0 bridgehead atoms. The summed E-state index contributed by atoms with van der Waals surface area (Å²) in [5.41, 5.74) is 2.22. The maximum Gasteiger partial charge on any atom is 0.323 e. The maximum atomic E-state index is 14.1. The molecule has 7 nitrogen and oxygen atoms in total. The lowest BCUT2D eigenvalue weighted by Crippen LogP contribution is -2.21. The number of amides is 2. The van der Waals surface area contributed by atoms with E-state index in [0.717, 1.165) is 17.8 Å². The van der Waals surface area contributed by atoms with E-state index in [4.69, 9.17) is 4.74 Å². The minimum absolute atomic E-state index is 0.101. The first-order valence-corrected chi connectivity index (χ1v) is 10.8. The van der Waals surface area contributed by atoms with Crippen molar-refractivity contribution >= 4 is 43.9 Å². The molecule has 0 spiro atoms. The number of anilines is 2. The minimum atomic E-state index is -0.547. The van der Waals surface area contributed by atoms with E-state index in [1.807, 2.05) is 52.0 Å². The number of benzene rings is 2. The third kappa shape index (κ3) is 7.32. The Morgan fingerprint density at radius 3 is 2.53 bits per heavy atom. The first kappa shape index (κ1) is 25.3. The van der Waals surface area contributed by atoms with E-state index in [0.29, 0.717) is 23.3 Å². The summed E-state index contributed by atoms with van der Waals surface area (Å²) in [6, 6.07) is 9.35. The molecule has 0 saturated heterocycles. The summed E-state index contributed by atoms with van der Waals surface area (Å²) in [4.78, 5) is 14.5. The zero-order valence-corrected chi connectivity index (χ0v) is 20.3. The number of hydrogen-bond acceptors (Lipinski definition) is 5. The monoisotopic (exact) mass is 459 g/mol. The normalized spacial score (nSPS) is 11.7. The largest absolute Gasteiger partial charge is 0.492 e. The molecule has 0 aromatic heterocycles. The number of carbonyl (C=O) groups excluding carboxylic acids is 1. The molecule has 2 aromatic rings. The molecule has 0 aliphatic heterocycles. The van der Waals surface area contributed by atoms with Crippen LogP contribution in [-0.2, 0) is 0 Å². The lowest BCUT2D eigenvalue weighted by atomic mass is 10.1. The Bertz CT molecular complexity index is 994. The number of urea groups is 1. The van der Waals surface area contributed by atoms with Crippen LogP contribution in [0.25, 0.3) is 5.70 Å². The number of halogens is 1. The van der Waals surface area contributed by atoms with Gasteiger partial charge in [-0.05, 0) is 63.6 Å². The first-order valence-electron chi connectivity index (χ1n) is 10.2. The van der Waals surface area contributed by atoms with Crippen LogP contribution in [0.15, 0.2) is 47.6 Å². The highest BCUT2D eigenvalue weighted by Gasteiger charge is 2.15. The highest BCUT2D eigenvalue weighted by atomic mass is 31.0. The molecule has 2 N–H and O–H groups in total. The summed E-state index contributed by atoms with van der Waals surface area (Å²) in [6.45, 7) is 5.02. The van der Waals surface area contributed by atoms with Gasteiger partial charge in [0.05, 0.1) is 11.4 Å². The van der Waals surface area contributed by atoms with Crippen molar-refractivity contribution in [2.75, 3.05) is 44.9 Å². The van der Waals surface area contributed by atoms with Crippen LogP contribution in [0.1, 0.15) is 19.4 Å². The molecule has 1 atom stereocenters. The fourth-order valence-electron chi connectivity index (χ4n) is 2.94. The molecule has 0 aliphatic carbocycles. The third-order valence-electron chi connectivity index (χ3n) is 4.46. The second-order valence-electron chi connectivity index (χ2n) is 7.25. The van der Waals surface area contributed by atoms with Gasteiger partial charge in [-0.25, -0.2) is 9.18 Å². The SMILES string of the molecule is C/C=N\N(C)/C(=C\C)c1cc(NC(=O)Nc2ccc(P)cc2F)ccc1OCCN(C)C. The number of ether oxygens (including phenoxy) is 1. The van der Waals surface area contributed by atoms with Crippen molar-refractivity contribution in [3.63, 3.8) is 0 Å². The zero-order valence-electron chi connectivity index (χ0n) is 19.1. The Morgan fingerprint density at radius 1 is 1.16 bits per heavy atom. The van der Waals surface area contributed by atoms with E-state index in [1.54, 1.807) is 29.4 Å². The molecule has 2 rings (SSSR count). The summed E-state index contributed by atoms with van der Waals surface area (Å²) < 4.78 is 20.1. The number of likely N-dealkylation sites (N-methyl/N-ethyl adjacent to an activating group) is 1. The van der Waals surface area contributed by atoms with Crippen molar-refractivity contribution in [1.82, 2.24) is 9.91 Å². The first-order chi connectivity index (χ1) is 15.2. The van der Waals surface area contributed by atoms with Gasteiger partial charge < -0.3 is 20.3 Å². The van der Waals surface area contributed by atoms with E-state index < -0.39 is 11.8 Å². The van der Waals surface area contributed by atoms with Gasteiger partial charge in [0.1, 0.15) is 18.2 Å². The van der Waals surface area contributed by atoms with E-state index >= 15 is 0 Å². The van der Waals surface area contributed by atoms with Crippen LogP contribution in [0.4, 0.5) is 20.6 Å². The van der Waals surface area contributed by atoms with Gasteiger partial charge >= 0.3 is 6.03 Å². The predicted octanol–water partition coefficient (Wildman–Crippen LogP) is 4.21. The molecule has 9 heteroatoms. The fourth-order valence-corrected chi connectivity index (χ4v) is 3.18. The van der Waals surface area contributed by atoms with Crippen molar-refractivity contribution < 1.29 is 13.9 Å². The lowest BCUT2D eigenvalue weighted by Gasteiger charge is -2.21. The van der Waals surface area contributed by atoms with Gasteiger partial charge in [0, 0.05) is 31.1 Å². The number of hydrazone groups is 1. The summed E-state index contributed by atoms with van der Waals surface area (Å²) >= 11 is 0. The predicted molar refractivity (Wildman–Crippen MR) is 134 cm³/mol. The average Bonchev–Trinajstić information content (AvgIpc) is 2.72. The molecule has 2 amide bonds. The number of carbonyl (C=O) groups is 1. The van der Waals surface area contributed by atoms with Gasteiger partial charge in [-0.1, -0.05) is 12.1 Å². The third-order valence-corrected chi connectivity index (χ3v) is 4.82. The molecule has 2 aromatic carbocycles. The second-order valence-corrected chi connectivity index (χ2v) is 7.92. The summed E-state index contributed by atoms with van der Waals surface area (Å²) in [5, 5.41) is 12.0. The van der Waals surface area contributed by atoms with Crippen molar-refractivity contribution in [2.45, 2.75) is 13.8 Å². The smallest absolute Gasteiger partial charge is 0.323 e. The van der Waals surface area contributed by atoms with Crippen LogP contribution < -0.4 is 20.7 Å². The standard InChI is InChI=1S/C23H31FN5O2P/c1-6-21(29(5)25-7-2)18-14-16(8-11-22(18)31-13-12-28(3)4)26-23(30)27-20-10-9-17(32)15-19(20)24/h6-11,14-15H,12-13,32H2,1-5H3,(H2,26,27,30)/b21-6-,25-7-. The average molecular weight is 460 g/mol. The molecular formula is C23H31FN5O2P. The quantitative estimate of drug-likeness (QED) is 0.335. The Labute approximate surface area is 191 Å². The van der Waals surface area contributed by atoms with Gasteiger partial charge in [-0.2, -0.15) is 5.10 Å². The molecule has 0 fully saturated rings. The van der Waals surface area contributed by atoms with Gasteiger partial charge in [0.25, 0.3) is 0 Å². The Balaban J connectivity index is 2.28. The zero-order chi connectivity index (χ0) is 23.7. The number of rotatable bonds is 9. The highest BCUT2D eigenvalue weighted by molar-refractivity contribution is 7.27. The highest BCUT2D eigenvalue weighted by Crippen LogP contribution is 2.31. The fraction of sp³-hybridized carbons (Fsp3) is 0.304. The molecule has 0 radical (unpaired) electrons. The molecular weight excluding hydrogens is 428 g/mol. The minimum Gasteiger partial charge on any atom is -0.492 e. The van der Waals surface area contributed by atoms with Crippen LogP contribution in [-0.4, -0.2) is 56.4 Å². The Kier molecular flexibility index (Phi) is 9.62. The van der Waals surface area contributed by atoms with E-state index in [1.165, 1.54) is 12.1 Å². The van der Waals surface area contributed by atoms with E-state index in [9.17, 15) is 9.18 Å². The lowest BCUT2D eigenvalue weighted by molar-refractivity contribution is 0.260. The van der Waals surface area contributed by atoms with Gasteiger partial charge in [0.2, 0.25) is 0 Å². The number of nitrogens with zero attached hydrogens (tertiary/aromatic N) is 3. The van der Waals surface area contributed by atoms with Crippen molar-refractivity contribution in [3.05, 3.63) is 53.9 Å². The summed E-state index contributed by atoms with van der Waals surface area (Å²) in [6.07, 6.45) is 3.62. The van der Waals surface area contributed by atoms with Crippen molar-refractivity contribution in [1.29, 1.82) is 0 Å². The summed E-state index contributed by atoms with van der Waals surface area (Å²) in [7, 11) is 8.21. The number of allylic oxidation sites excluding steroid dienone is 1. The van der Waals surface area contributed by atoms with Crippen LogP contribution in [0.2, 0.25) is 0 Å². The van der Waals surface area contributed by atoms with Gasteiger partial charge in [-0.3, -0.25) is 5.01 Å². The van der Waals surface area contributed by atoms with Crippen LogP contribution in [0, 0.1) is 5.82 Å². The number of nitrogens with one attached hydrogen (secondary N) is 2. The topological polar surface area (TPSA) is 69.2 Å². The van der Waals surface area contributed by atoms with Crippen molar-refractivity contribution in [3.8, 4) is 5.75 Å². The van der Waals surface area contributed by atoms with E-state index in [2.05, 4.69) is 25.0 Å². The molecule has 0 aliphatic rings. The molecule has 172 valence electrons. The molecule has 0 heterocycles. The Morgan fingerprint density at radius 2 is 1.91 bits per heavy atom.